The molecule has 0 aliphatic heterocycles. The summed E-state index contributed by atoms with van der Waals surface area (Å²) < 4.78 is 5.95. The lowest BCUT2D eigenvalue weighted by Gasteiger charge is -2.18. The van der Waals surface area contributed by atoms with E-state index in [9.17, 15) is 19.5 Å². The number of esters is 1. The molecule has 7 heteroatoms. The standard InChI is InChI=1S/C42H82N2O5/c1-3-5-7-9-10-11-12-13-14-15-16-17-18-19-20-21-22-23-24-30-36-41(46)49-38(32-27-8-6-4-2)33-28-25-26-29-35-40(45)44-39(42(47)48)34-31-37-43/h38-39H,3-37,43H2,1-2H3,(H,44,45)(H,47,48). The van der Waals surface area contributed by atoms with Gasteiger partial charge >= 0.3 is 11.9 Å². The fraction of sp³-hybridized carbons (Fsp3) is 0.929. The monoisotopic (exact) mass is 695 g/mol. The van der Waals surface area contributed by atoms with Crippen molar-refractivity contribution in [3.05, 3.63) is 0 Å². The van der Waals surface area contributed by atoms with Crippen LogP contribution in [0, 0.1) is 0 Å². The number of nitrogens with one attached hydrogen (secondary N) is 1. The molecule has 0 radical (unpaired) electrons. The maximum absolute atomic E-state index is 12.6. The SMILES string of the molecule is CCCCCCCCCCCCCCCCCCCCCCC(=O)OC(CCCCCC)CCCCCCC(=O)NC(CCCN)C(=O)O. The summed E-state index contributed by atoms with van der Waals surface area (Å²) in [6.07, 6.45) is 38.9. The molecule has 0 saturated heterocycles. The summed E-state index contributed by atoms with van der Waals surface area (Å²) in [6, 6.07) is -0.858. The lowest BCUT2D eigenvalue weighted by molar-refractivity contribution is -0.150. The Morgan fingerprint density at radius 2 is 0.878 bits per heavy atom. The number of aliphatic carboxylic acids is 1. The van der Waals surface area contributed by atoms with E-state index in [0.29, 0.717) is 32.2 Å². The average molecular weight is 695 g/mol. The van der Waals surface area contributed by atoms with Crippen LogP contribution < -0.4 is 11.1 Å². The van der Waals surface area contributed by atoms with Gasteiger partial charge in [-0.15, -0.1) is 0 Å². The van der Waals surface area contributed by atoms with Crippen LogP contribution in [0.1, 0.15) is 232 Å². The van der Waals surface area contributed by atoms with Crippen LogP contribution in [0.4, 0.5) is 0 Å². The number of carboxylic acids is 1. The summed E-state index contributed by atoms with van der Waals surface area (Å²) >= 11 is 0. The minimum atomic E-state index is -1.01. The van der Waals surface area contributed by atoms with Gasteiger partial charge in [-0.2, -0.15) is 0 Å². The first-order chi connectivity index (χ1) is 23.9. The van der Waals surface area contributed by atoms with Gasteiger partial charge in [0.05, 0.1) is 0 Å². The van der Waals surface area contributed by atoms with Crippen LogP contribution in [0.2, 0.25) is 0 Å². The maximum Gasteiger partial charge on any atom is 0.326 e. The molecular formula is C42H82N2O5. The molecule has 0 aliphatic rings. The summed E-state index contributed by atoms with van der Waals surface area (Å²) in [7, 11) is 0. The molecule has 2 unspecified atom stereocenters. The molecule has 0 saturated carbocycles. The number of carboxylic acid groups (broad SMARTS) is 1. The van der Waals surface area contributed by atoms with E-state index >= 15 is 0 Å². The number of nitrogens with two attached hydrogens (primary N) is 1. The zero-order valence-corrected chi connectivity index (χ0v) is 32.6. The van der Waals surface area contributed by atoms with Crippen molar-refractivity contribution < 1.29 is 24.2 Å². The molecule has 1 amide bonds. The first-order valence-electron chi connectivity index (χ1n) is 21.4. The van der Waals surface area contributed by atoms with Crippen LogP contribution >= 0.6 is 0 Å². The Bertz CT molecular complexity index is 747. The number of unbranched alkanes of at least 4 members (excludes halogenated alkanes) is 25. The number of amides is 1. The van der Waals surface area contributed by atoms with Crippen molar-refractivity contribution in [2.24, 2.45) is 5.73 Å². The number of carbonyl (C=O) groups excluding carboxylic acids is 2. The molecule has 0 aromatic carbocycles. The van der Waals surface area contributed by atoms with E-state index in [2.05, 4.69) is 19.2 Å². The van der Waals surface area contributed by atoms with Gasteiger partial charge in [0.15, 0.2) is 0 Å². The molecule has 49 heavy (non-hydrogen) atoms. The van der Waals surface area contributed by atoms with Gasteiger partial charge in [0.25, 0.3) is 0 Å². The minimum absolute atomic E-state index is 0.00312. The Labute approximate surface area is 303 Å². The highest BCUT2D eigenvalue weighted by Gasteiger charge is 2.19. The van der Waals surface area contributed by atoms with E-state index in [1.54, 1.807) is 0 Å². The molecule has 0 aliphatic carbocycles. The Hall–Kier alpha value is -1.63. The van der Waals surface area contributed by atoms with Gasteiger partial charge in [-0.25, -0.2) is 4.79 Å². The van der Waals surface area contributed by atoms with Crippen molar-refractivity contribution in [2.45, 2.75) is 244 Å². The highest BCUT2D eigenvalue weighted by Crippen LogP contribution is 2.19. The smallest absolute Gasteiger partial charge is 0.326 e. The van der Waals surface area contributed by atoms with Crippen LogP contribution in [0.3, 0.4) is 0 Å². The second-order valence-corrected chi connectivity index (χ2v) is 14.8. The summed E-state index contributed by atoms with van der Waals surface area (Å²) in [4.78, 5) is 36.1. The van der Waals surface area contributed by atoms with Crippen LogP contribution in [0.15, 0.2) is 0 Å². The van der Waals surface area contributed by atoms with Crippen molar-refractivity contribution in [1.29, 1.82) is 0 Å². The molecule has 0 fully saturated rings. The van der Waals surface area contributed by atoms with Gasteiger partial charge < -0.3 is 20.9 Å². The van der Waals surface area contributed by atoms with Crippen LogP contribution in [-0.4, -0.2) is 41.6 Å². The molecule has 0 bridgehead atoms. The molecule has 0 aromatic heterocycles. The lowest BCUT2D eigenvalue weighted by Crippen LogP contribution is -2.40. The van der Waals surface area contributed by atoms with E-state index in [-0.39, 0.29) is 18.0 Å². The van der Waals surface area contributed by atoms with Gasteiger partial charge in [0.1, 0.15) is 12.1 Å². The molecule has 0 rings (SSSR count). The second kappa shape index (κ2) is 37.6. The number of hydrogen-bond acceptors (Lipinski definition) is 5. The van der Waals surface area contributed by atoms with Gasteiger partial charge in [0.2, 0.25) is 5.91 Å². The third kappa shape index (κ3) is 34.6. The highest BCUT2D eigenvalue weighted by atomic mass is 16.5. The largest absolute Gasteiger partial charge is 0.480 e. The molecule has 0 spiro atoms. The van der Waals surface area contributed by atoms with Gasteiger partial charge in [-0.05, 0) is 57.9 Å². The third-order valence-electron chi connectivity index (χ3n) is 9.92. The van der Waals surface area contributed by atoms with Crippen molar-refractivity contribution in [2.75, 3.05) is 6.54 Å². The van der Waals surface area contributed by atoms with Crippen molar-refractivity contribution in [3.8, 4) is 0 Å². The molecule has 4 N–H and O–H groups in total. The minimum Gasteiger partial charge on any atom is -0.480 e. The van der Waals surface area contributed by atoms with E-state index in [0.717, 1.165) is 57.8 Å². The normalized spacial score (nSPS) is 12.6. The Kier molecular flexibility index (Phi) is 36.4. The van der Waals surface area contributed by atoms with Gasteiger partial charge in [0, 0.05) is 12.8 Å². The molecular weight excluding hydrogens is 612 g/mol. The Morgan fingerprint density at radius 1 is 0.510 bits per heavy atom. The van der Waals surface area contributed by atoms with Gasteiger partial charge in [-0.1, -0.05) is 168 Å². The Morgan fingerprint density at radius 3 is 1.29 bits per heavy atom. The Balaban J connectivity index is 3.87. The predicted molar refractivity (Wildman–Crippen MR) is 207 cm³/mol. The zero-order valence-electron chi connectivity index (χ0n) is 32.6. The van der Waals surface area contributed by atoms with E-state index in [1.807, 2.05) is 0 Å². The average Bonchev–Trinajstić information content (AvgIpc) is 3.08. The molecule has 0 aromatic rings. The number of hydrogen-bond donors (Lipinski definition) is 3. The van der Waals surface area contributed by atoms with Crippen LogP contribution in [0.5, 0.6) is 0 Å². The van der Waals surface area contributed by atoms with E-state index in [4.69, 9.17) is 10.5 Å². The fourth-order valence-corrected chi connectivity index (χ4v) is 6.69. The summed E-state index contributed by atoms with van der Waals surface area (Å²) in [5, 5.41) is 11.9. The first-order valence-corrected chi connectivity index (χ1v) is 21.4. The lowest BCUT2D eigenvalue weighted by atomic mass is 10.0. The molecule has 290 valence electrons. The predicted octanol–water partition coefficient (Wildman–Crippen LogP) is 11.7. The maximum atomic E-state index is 12.6. The summed E-state index contributed by atoms with van der Waals surface area (Å²) in [5.41, 5.74) is 5.47. The number of ether oxygens (including phenoxy) is 1. The van der Waals surface area contributed by atoms with Crippen molar-refractivity contribution >= 4 is 17.8 Å². The van der Waals surface area contributed by atoms with Crippen LogP contribution in [-0.2, 0) is 19.1 Å². The quantitative estimate of drug-likeness (QED) is 0.0435. The van der Waals surface area contributed by atoms with E-state index in [1.165, 1.54) is 135 Å². The van der Waals surface area contributed by atoms with Gasteiger partial charge in [-0.3, -0.25) is 9.59 Å². The first kappa shape index (κ1) is 47.4. The molecule has 2 atom stereocenters. The summed E-state index contributed by atoms with van der Waals surface area (Å²) in [5.74, 6) is -1.26. The number of rotatable bonds is 39. The van der Waals surface area contributed by atoms with E-state index < -0.39 is 12.0 Å². The summed E-state index contributed by atoms with van der Waals surface area (Å²) in [6.45, 7) is 4.91. The van der Waals surface area contributed by atoms with Crippen molar-refractivity contribution in [3.63, 3.8) is 0 Å². The fourth-order valence-electron chi connectivity index (χ4n) is 6.69. The zero-order chi connectivity index (χ0) is 36.0. The second-order valence-electron chi connectivity index (χ2n) is 14.8. The molecule has 0 heterocycles. The topological polar surface area (TPSA) is 119 Å². The number of carbonyl (C=O) groups is 3. The third-order valence-corrected chi connectivity index (χ3v) is 9.92. The highest BCUT2D eigenvalue weighted by molar-refractivity contribution is 5.83. The molecule has 7 nitrogen and oxygen atoms in total. The van der Waals surface area contributed by atoms with Crippen molar-refractivity contribution in [1.82, 2.24) is 5.32 Å². The van der Waals surface area contributed by atoms with Crippen LogP contribution in [0.25, 0.3) is 0 Å².